The quantitative estimate of drug-likeness (QED) is 0.622. The Hall–Kier alpha value is -1.81. The van der Waals surface area contributed by atoms with Gasteiger partial charge in [0, 0.05) is 30.7 Å². The summed E-state index contributed by atoms with van der Waals surface area (Å²) in [6, 6.07) is 12.3. The Labute approximate surface area is 179 Å². The highest BCUT2D eigenvalue weighted by Gasteiger charge is 2.28. The molecule has 4 rings (SSSR count). The van der Waals surface area contributed by atoms with Crippen LogP contribution in [0.2, 0.25) is 0 Å². The number of hydrogen-bond donors (Lipinski definition) is 1. The summed E-state index contributed by atoms with van der Waals surface area (Å²) in [7, 11) is -3.47. The molecular formula is C20H23BrN2O5S. The van der Waals surface area contributed by atoms with E-state index in [1.165, 1.54) is 0 Å². The van der Waals surface area contributed by atoms with Gasteiger partial charge in [0.05, 0.1) is 4.90 Å². The molecule has 0 atom stereocenters. The summed E-state index contributed by atoms with van der Waals surface area (Å²) >= 11 is 3.31. The molecule has 0 bridgehead atoms. The molecule has 0 aliphatic carbocycles. The second-order valence-corrected chi connectivity index (χ2v) is 9.74. The van der Waals surface area contributed by atoms with Gasteiger partial charge in [0.2, 0.25) is 15.8 Å². The van der Waals surface area contributed by atoms with Crippen LogP contribution in [0.15, 0.2) is 51.8 Å². The summed E-state index contributed by atoms with van der Waals surface area (Å²) in [6.07, 6.45) is 0. The monoisotopic (exact) mass is 482 g/mol. The van der Waals surface area contributed by atoms with Crippen molar-refractivity contribution in [2.24, 2.45) is 5.92 Å². The molecule has 2 aliphatic heterocycles. The van der Waals surface area contributed by atoms with Gasteiger partial charge in [0.25, 0.3) is 0 Å². The number of benzene rings is 2. The fourth-order valence-electron chi connectivity index (χ4n) is 3.36. The van der Waals surface area contributed by atoms with E-state index in [-0.39, 0.29) is 4.90 Å². The van der Waals surface area contributed by atoms with E-state index >= 15 is 0 Å². The van der Waals surface area contributed by atoms with Crippen LogP contribution in [0.4, 0.5) is 0 Å². The summed E-state index contributed by atoms with van der Waals surface area (Å²) in [5.41, 5.74) is 0. The molecule has 156 valence electrons. The smallest absolute Gasteiger partial charge is 0.240 e. The van der Waals surface area contributed by atoms with Crippen molar-refractivity contribution in [3.63, 3.8) is 0 Å². The first-order valence-corrected chi connectivity index (χ1v) is 11.8. The number of nitrogens with zero attached hydrogens (tertiary/aromatic N) is 1. The van der Waals surface area contributed by atoms with Gasteiger partial charge in [0.1, 0.15) is 19.8 Å². The average molecular weight is 483 g/mol. The lowest BCUT2D eigenvalue weighted by Crippen LogP contribution is -2.52. The maximum atomic E-state index is 12.3. The number of nitrogens with one attached hydrogen (secondary N) is 1. The van der Waals surface area contributed by atoms with Gasteiger partial charge in [-0.25, -0.2) is 13.1 Å². The van der Waals surface area contributed by atoms with Gasteiger partial charge < -0.3 is 14.2 Å². The molecule has 2 aliphatic rings. The Morgan fingerprint density at radius 3 is 2.66 bits per heavy atom. The second kappa shape index (κ2) is 8.91. The Kier molecular flexibility index (Phi) is 6.29. The van der Waals surface area contributed by atoms with Crippen LogP contribution in [-0.2, 0) is 10.0 Å². The van der Waals surface area contributed by atoms with E-state index in [1.54, 1.807) is 24.3 Å². The Balaban J connectivity index is 1.18. The van der Waals surface area contributed by atoms with E-state index in [2.05, 4.69) is 25.6 Å². The summed E-state index contributed by atoms with van der Waals surface area (Å²) in [5.74, 6) is 2.39. The predicted octanol–water partition coefficient (Wildman–Crippen LogP) is 2.51. The lowest BCUT2D eigenvalue weighted by molar-refractivity contribution is 0.0835. The lowest BCUT2D eigenvalue weighted by Gasteiger charge is -2.39. The van der Waals surface area contributed by atoms with Crippen LogP contribution in [0.25, 0.3) is 0 Å². The topological polar surface area (TPSA) is 77.1 Å². The summed E-state index contributed by atoms with van der Waals surface area (Å²) in [5, 5.41) is 0. The minimum Gasteiger partial charge on any atom is -0.488 e. The second-order valence-electron chi connectivity index (χ2n) is 7.06. The third kappa shape index (κ3) is 5.03. The first-order valence-electron chi connectivity index (χ1n) is 9.50. The zero-order chi connectivity index (χ0) is 20.3. The van der Waals surface area contributed by atoms with Crippen molar-refractivity contribution in [3.8, 4) is 17.2 Å². The molecule has 1 N–H and O–H groups in total. The molecule has 7 nitrogen and oxygen atoms in total. The van der Waals surface area contributed by atoms with Gasteiger partial charge in [-0.05, 0) is 42.3 Å². The maximum absolute atomic E-state index is 12.3. The molecule has 2 heterocycles. The number of para-hydroxylation sites is 1. The highest BCUT2D eigenvalue weighted by atomic mass is 79.9. The Morgan fingerprint density at radius 2 is 1.86 bits per heavy atom. The van der Waals surface area contributed by atoms with E-state index < -0.39 is 10.0 Å². The van der Waals surface area contributed by atoms with Crippen LogP contribution < -0.4 is 18.9 Å². The predicted molar refractivity (Wildman–Crippen MR) is 112 cm³/mol. The number of hydrogen-bond acceptors (Lipinski definition) is 6. The first kappa shape index (κ1) is 20.5. The van der Waals surface area contributed by atoms with Crippen LogP contribution in [0.1, 0.15) is 0 Å². The first-order chi connectivity index (χ1) is 14.0. The number of halogens is 1. The number of rotatable bonds is 8. The van der Waals surface area contributed by atoms with Crippen molar-refractivity contribution in [1.82, 2.24) is 9.62 Å². The SMILES string of the molecule is O=S(=O)(NCC1CN(CCOc2cccc3c2OCCO3)C1)c1ccc(Br)cc1. The third-order valence-corrected chi connectivity index (χ3v) is 6.88. The number of ether oxygens (including phenoxy) is 3. The molecule has 1 fully saturated rings. The van der Waals surface area contributed by atoms with Gasteiger partial charge in [0.15, 0.2) is 11.5 Å². The average Bonchev–Trinajstić information content (AvgIpc) is 2.69. The van der Waals surface area contributed by atoms with Crippen molar-refractivity contribution < 1.29 is 22.6 Å². The van der Waals surface area contributed by atoms with Gasteiger partial charge in [-0.1, -0.05) is 22.0 Å². The number of sulfonamides is 1. The molecule has 0 aromatic heterocycles. The minimum absolute atomic E-state index is 0.280. The van der Waals surface area contributed by atoms with E-state index in [0.29, 0.717) is 43.8 Å². The summed E-state index contributed by atoms with van der Waals surface area (Å²) in [4.78, 5) is 2.52. The molecular weight excluding hydrogens is 460 g/mol. The molecule has 0 unspecified atom stereocenters. The van der Waals surface area contributed by atoms with Crippen molar-refractivity contribution in [3.05, 3.63) is 46.9 Å². The van der Waals surface area contributed by atoms with E-state index in [4.69, 9.17) is 14.2 Å². The van der Waals surface area contributed by atoms with Crippen molar-refractivity contribution >= 4 is 26.0 Å². The highest BCUT2D eigenvalue weighted by molar-refractivity contribution is 9.10. The Morgan fingerprint density at radius 1 is 1.10 bits per heavy atom. The van der Waals surface area contributed by atoms with E-state index in [9.17, 15) is 8.42 Å². The molecule has 1 saturated heterocycles. The van der Waals surface area contributed by atoms with Gasteiger partial charge in [-0.3, -0.25) is 4.90 Å². The van der Waals surface area contributed by atoms with Gasteiger partial charge in [-0.2, -0.15) is 0 Å². The van der Waals surface area contributed by atoms with Gasteiger partial charge in [-0.15, -0.1) is 0 Å². The zero-order valence-electron chi connectivity index (χ0n) is 15.8. The highest BCUT2D eigenvalue weighted by Crippen LogP contribution is 2.38. The lowest BCUT2D eigenvalue weighted by atomic mass is 10.0. The molecule has 29 heavy (non-hydrogen) atoms. The van der Waals surface area contributed by atoms with Gasteiger partial charge >= 0.3 is 0 Å². The molecule has 0 amide bonds. The Bertz CT molecular complexity index is 946. The number of likely N-dealkylation sites (tertiary alicyclic amines) is 1. The molecule has 9 heteroatoms. The van der Waals surface area contributed by atoms with Crippen LogP contribution in [0.5, 0.6) is 17.2 Å². The molecule has 2 aromatic carbocycles. The van der Waals surface area contributed by atoms with E-state index in [0.717, 1.165) is 29.9 Å². The molecule has 0 saturated carbocycles. The summed E-state index contributed by atoms with van der Waals surface area (Å²) in [6.45, 7) is 4.52. The fourth-order valence-corrected chi connectivity index (χ4v) is 4.74. The number of fused-ring (bicyclic) bond motifs is 1. The third-order valence-electron chi connectivity index (χ3n) is 4.91. The van der Waals surface area contributed by atoms with Crippen molar-refractivity contribution in [2.75, 3.05) is 46.0 Å². The van der Waals surface area contributed by atoms with Crippen LogP contribution in [-0.4, -0.2) is 59.3 Å². The van der Waals surface area contributed by atoms with Crippen LogP contribution >= 0.6 is 15.9 Å². The maximum Gasteiger partial charge on any atom is 0.240 e. The van der Waals surface area contributed by atoms with Crippen LogP contribution in [0, 0.1) is 5.92 Å². The zero-order valence-corrected chi connectivity index (χ0v) is 18.2. The van der Waals surface area contributed by atoms with Crippen molar-refractivity contribution in [2.45, 2.75) is 4.90 Å². The minimum atomic E-state index is -3.47. The van der Waals surface area contributed by atoms with E-state index in [1.807, 2.05) is 18.2 Å². The molecule has 0 radical (unpaired) electrons. The van der Waals surface area contributed by atoms with Crippen LogP contribution in [0.3, 0.4) is 0 Å². The largest absolute Gasteiger partial charge is 0.488 e. The fraction of sp³-hybridized carbons (Fsp3) is 0.400. The normalized spacial score (nSPS) is 17.0. The standard InChI is InChI=1S/C20H23BrN2O5S/c21-16-4-6-17(7-5-16)29(24,25)22-12-15-13-23(14-15)8-9-26-18-2-1-3-19-20(18)28-11-10-27-19/h1-7,15,22H,8-14H2. The molecule has 0 spiro atoms. The van der Waals surface area contributed by atoms with Crippen molar-refractivity contribution in [1.29, 1.82) is 0 Å². The molecule has 2 aromatic rings. The summed E-state index contributed by atoms with van der Waals surface area (Å²) < 4.78 is 45.3.